The van der Waals surface area contributed by atoms with Crippen molar-refractivity contribution in [2.24, 2.45) is 5.10 Å². The fourth-order valence-corrected chi connectivity index (χ4v) is 0.610. The molecule has 62 valence electrons. The van der Waals surface area contributed by atoms with Gasteiger partial charge in [-0.2, -0.15) is 0 Å². The van der Waals surface area contributed by atoms with Crippen LogP contribution in [0.5, 0.6) is 0 Å². The zero-order chi connectivity index (χ0) is 8.27. The molecule has 0 aliphatic carbocycles. The first-order valence-corrected chi connectivity index (χ1v) is 3.36. The van der Waals surface area contributed by atoms with Crippen molar-refractivity contribution in [3.63, 3.8) is 0 Å². The quantitative estimate of drug-likeness (QED) is 0.444. The Morgan fingerprint density at radius 1 is 1.82 bits per heavy atom. The molecule has 1 aliphatic heterocycles. The number of amides is 1. The number of hydrazine groups is 2. The van der Waals surface area contributed by atoms with Crippen LogP contribution < -0.4 is 16.3 Å². The van der Waals surface area contributed by atoms with Crippen molar-refractivity contribution in [2.75, 3.05) is 7.05 Å². The van der Waals surface area contributed by atoms with Gasteiger partial charge in [0.2, 0.25) is 11.9 Å². The van der Waals surface area contributed by atoms with Gasteiger partial charge in [0.15, 0.2) is 0 Å². The molecule has 0 saturated heterocycles. The highest BCUT2D eigenvalue weighted by molar-refractivity contribution is 5.96. The van der Waals surface area contributed by atoms with Crippen molar-refractivity contribution in [1.29, 1.82) is 0 Å². The standard InChI is InChI=1S/C5H11N5O/c1-3-4(11)6-5-7-9-10(2)8-5/h9H,3H2,1-2H3,(H2,6,7,8,11). The zero-order valence-electron chi connectivity index (χ0n) is 6.51. The van der Waals surface area contributed by atoms with Crippen LogP contribution in [0, 0.1) is 0 Å². The average molecular weight is 157 g/mol. The van der Waals surface area contributed by atoms with Gasteiger partial charge in [-0.25, -0.2) is 5.53 Å². The molecule has 0 unspecified atom stereocenters. The summed E-state index contributed by atoms with van der Waals surface area (Å²) in [6.45, 7) is 1.78. The van der Waals surface area contributed by atoms with E-state index in [1.165, 1.54) is 5.12 Å². The number of guanidine groups is 1. The second-order valence-corrected chi connectivity index (χ2v) is 2.13. The van der Waals surface area contributed by atoms with Gasteiger partial charge >= 0.3 is 0 Å². The second-order valence-electron chi connectivity index (χ2n) is 2.13. The predicted molar refractivity (Wildman–Crippen MR) is 39.9 cm³/mol. The van der Waals surface area contributed by atoms with E-state index in [2.05, 4.69) is 21.4 Å². The summed E-state index contributed by atoms with van der Waals surface area (Å²) >= 11 is 0. The van der Waals surface area contributed by atoms with Gasteiger partial charge in [0.25, 0.3) is 0 Å². The predicted octanol–water partition coefficient (Wildman–Crippen LogP) is -1.26. The fraction of sp³-hybridized carbons (Fsp3) is 0.600. The molecule has 0 fully saturated rings. The molecule has 1 amide bonds. The third-order valence-corrected chi connectivity index (χ3v) is 1.16. The molecule has 0 spiro atoms. The average Bonchev–Trinajstić information content (AvgIpc) is 2.35. The maximum Gasteiger partial charge on any atom is 0.238 e. The van der Waals surface area contributed by atoms with Crippen LogP contribution in [0.3, 0.4) is 0 Å². The number of nitrogens with one attached hydrogen (secondary N) is 3. The molecular formula is C5H11N5O. The highest BCUT2D eigenvalue weighted by Crippen LogP contribution is 1.81. The molecule has 0 atom stereocenters. The Hall–Kier alpha value is -1.30. The molecule has 0 saturated carbocycles. The lowest BCUT2D eigenvalue weighted by molar-refractivity contribution is -0.119. The molecule has 0 aromatic rings. The van der Waals surface area contributed by atoms with Gasteiger partial charge in [0, 0.05) is 13.5 Å². The molecule has 11 heavy (non-hydrogen) atoms. The highest BCUT2D eigenvalue weighted by Gasteiger charge is 2.10. The van der Waals surface area contributed by atoms with Gasteiger partial charge < -0.3 is 0 Å². The minimum atomic E-state index is -0.0617. The van der Waals surface area contributed by atoms with Crippen molar-refractivity contribution < 1.29 is 4.79 Å². The van der Waals surface area contributed by atoms with E-state index >= 15 is 0 Å². The van der Waals surface area contributed by atoms with Gasteiger partial charge in [0.05, 0.1) is 0 Å². The van der Waals surface area contributed by atoms with Crippen molar-refractivity contribution >= 4 is 11.9 Å². The van der Waals surface area contributed by atoms with Crippen LogP contribution in [0.25, 0.3) is 0 Å². The zero-order valence-corrected chi connectivity index (χ0v) is 6.51. The van der Waals surface area contributed by atoms with E-state index in [-0.39, 0.29) is 5.91 Å². The number of hydrogen-bond donors (Lipinski definition) is 3. The first kappa shape index (κ1) is 7.80. The van der Waals surface area contributed by atoms with Crippen LogP contribution in [0.15, 0.2) is 5.10 Å². The highest BCUT2D eigenvalue weighted by atomic mass is 16.2. The Balaban J connectivity index is 2.33. The number of carbonyl (C=O) groups is 1. The summed E-state index contributed by atoms with van der Waals surface area (Å²) in [4.78, 5) is 10.8. The third-order valence-electron chi connectivity index (χ3n) is 1.16. The van der Waals surface area contributed by atoms with E-state index in [1.54, 1.807) is 14.0 Å². The number of rotatable bonds is 1. The summed E-state index contributed by atoms with van der Waals surface area (Å²) in [6, 6.07) is 0. The molecule has 0 aromatic carbocycles. The topological polar surface area (TPSA) is 68.8 Å². The van der Waals surface area contributed by atoms with E-state index in [9.17, 15) is 4.79 Å². The Bertz CT molecular complexity index is 189. The van der Waals surface area contributed by atoms with Gasteiger partial charge in [0.1, 0.15) is 0 Å². The molecule has 0 aromatic heterocycles. The normalized spacial score (nSPS) is 16.7. The van der Waals surface area contributed by atoms with E-state index in [4.69, 9.17) is 0 Å². The van der Waals surface area contributed by atoms with Crippen LogP contribution in [-0.2, 0) is 4.79 Å². The summed E-state index contributed by atoms with van der Waals surface area (Å²) in [7, 11) is 1.74. The smallest absolute Gasteiger partial charge is 0.238 e. The Labute approximate surface area is 64.6 Å². The van der Waals surface area contributed by atoms with Gasteiger partial charge in [-0.3, -0.25) is 15.5 Å². The Kier molecular flexibility index (Phi) is 2.27. The van der Waals surface area contributed by atoms with Crippen molar-refractivity contribution in [3.8, 4) is 0 Å². The maximum absolute atomic E-state index is 10.8. The second kappa shape index (κ2) is 3.20. The SMILES string of the molecule is CCC(=O)NC1=NNN(C)N1. The fourth-order valence-electron chi connectivity index (χ4n) is 0.610. The molecule has 6 nitrogen and oxygen atoms in total. The van der Waals surface area contributed by atoms with Crippen LogP contribution in [-0.4, -0.2) is 24.0 Å². The molecule has 0 bridgehead atoms. The van der Waals surface area contributed by atoms with Gasteiger partial charge in [-0.15, -0.1) is 10.2 Å². The monoisotopic (exact) mass is 157 g/mol. The van der Waals surface area contributed by atoms with Crippen molar-refractivity contribution in [2.45, 2.75) is 13.3 Å². The van der Waals surface area contributed by atoms with Crippen LogP contribution in [0.1, 0.15) is 13.3 Å². The van der Waals surface area contributed by atoms with E-state index in [1.807, 2.05) is 0 Å². The molecule has 1 heterocycles. The molecular weight excluding hydrogens is 146 g/mol. The maximum atomic E-state index is 10.8. The summed E-state index contributed by atoms with van der Waals surface area (Å²) in [5.41, 5.74) is 5.35. The Morgan fingerprint density at radius 3 is 3.00 bits per heavy atom. The third kappa shape index (κ3) is 2.08. The summed E-state index contributed by atoms with van der Waals surface area (Å²) in [5.74, 6) is 0.368. The first-order chi connectivity index (χ1) is 5.22. The first-order valence-electron chi connectivity index (χ1n) is 3.36. The lowest BCUT2D eigenvalue weighted by atomic mass is 10.5. The summed E-state index contributed by atoms with van der Waals surface area (Å²) in [6.07, 6.45) is 0.449. The molecule has 1 rings (SSSR count). The van der Waals surface area contributed by atoms with Crippen LogP contribution in [0.4, 0.5) is 0 Å². The van der Waals surface area contributed by atoms with Crippen molar-refractivity contribution in [1.82, 2.24) is 21.4 Å². The van der Waals surface area contributed by atoms with Gasteiger partial charge in [-0.05, 0) is 0 Å². The minimum Gasteiger partial charge on any atom is -0.294 e. The van der Waals surface area contributed by atoms with Crippen LogP contribution >= 0.6 is 0 Å². The van der Waals surface area contributed by atoms with Gasteiger partial charge in [-0.1, -0.05) is 6.92 Å². The number of hydrazone groups is 1. The lowest BCUT2D eigenvalue weighted by Crippen LogP contribution is -2.44. The van der Waals surface area contributed by atoms with Crippen LogP contribution in [0.2, 0.25) is 0 Å². The molecule has 6 heteroatoms. The largest absolute Gasteiger partial charge is 0.294 e. The minimum absolute atomic E-state index is 0.0617. The van der Waals surface area contributed by atoms with E-state index in [0.717, 1.165) is 0 Å². The summed E-state index contributed by atoms with van der Waals surface area (Å²) < 4.78 is 0. The molecule has 0 radical (unpaired) electrons. The van der Waals surface area contributed by atoms with Crippen molar-refractivity contribution in [3.05, 3.63) is 0 Å². The lowest BCUT2D eigenvalue weighted by Gasteiger charge is -2.07. The van der Waals surface area contributed by atoms with E-state index in [0.29, 0.717) is 12.4 Å². The molecule has 1 aliphatic rings. The number of carbonyl (C=O) groups excluding carboxylic acids is 1. The molecule has 3 N–H and O–H groups in total. The Morgan fingerprint density at radius 2 is 2.55 bits per heavy atom. The number of nitrogens with zero attached hydrogens (tertiary/aromatic N) is 2. The number of hydrogen-bond acceptors (Lipinski definition) is 5. The summed E-state index contributed by atoms with van der Waals surface area (Å²) in [5, 5.41) is 7.84. The van der Waals surface area contributed by atoms with E-state index < -0.39 is 0 Å².